The minimum absolute atomic E-state index is 0.313. The number of hydrogen-bond acceptors (Lipinski definition) is 1. The quantitative estimate of drug-likeness (QED) is 0.677. The van der Waals surface area contributed by atoms with E-state index in [0.717, 1.165) is 23.2 Å². The van der Waals surface area contributed by atoms with Crippen LogP contribution in [0.1, 0.15) is 46.0 Å². The Kier molecular flexibility index (Phi) is 1.06. The molecule has 1 heteroatoms. The molecule has 2 unspecified atom stereocenters. The normalized spacial score (nSPS) is 63.2. The lowest BCUT2D eigenvalue weighted by Gasteiger charge is -2.81. The lowest BCUT2D eigenvalue weighted by atomic mass is 9.23. The van der Waals surface area contributed by atoms with Crippen LogP contribution < -0.4 is 0 Å². The maximum absolute atomic E-state index is 10.4. The van der Waals surface area contributed by atoms with Gasteiger partial charge in [0.1, 0.15) is 0 Å². The van der Waals surface area contributed by atoms with E-state index < -0.39 is 5.60 Å². The fourth-order valence-electron chi connectivity index (χ4n) is 6.00. The highest BCUT2D eigenvalue weighted by molar-refractivity contribution is 5.26. The summed E-state index contributed by atoms with van der Waals surface area (Å²) in [5.41, 5.74) is 0.625. The molecular weight excluding hydrogens is 172 g/mol. The third-order valence-corrected chi connectivity index (χ3v) is 6.35. The summed E-state index contributed by atoms with van der Waals surface area (Å²) in [5.74, 6) is 3.11. The van der Waals surface area contributed by atoms with Crippen LogP contribution in [0.2, 0.25) is 0 Å². The average Bonchev–Trinajstić information content (AvgIpc) is 1.98. The van der Waals surface area contributed by atoms with Gasteiger partial charge in [0.05, 0.1) is 5.60 Å². The van der Waals surface area contributed by atoms with Crippen molar-refractivity contribution in [3.05, 3.63) is 0 Å². The molecule has 6 saturated carbocycles. The molecule has 6 rings (SSSR count). The monoisotopic (exact) mass is 192 g/mol. The molecule has 1 N–H and O–H groups in total. The topological polar surface area (TPSA) is 20.2 Å². The lowest BCUT2D eigenvalue weighted by Crippen LogP contribution is -2.75. The number of rotatable bonds is 1. The lowest BCUT2D eigenvalue weighted by molar-refractivity contribution is -0.338. The first-order valence-corrected chi connectivity index (χ1v) is 6.18. The van der Waals surface area contributed by atoms with Crippen LogP contribution in [-0.4, -0.2) is 10.7 Å². The summed E-state index contributed by atoms with van der Waals surface area (Å²) >= 11 is 0. The van der Waals surface area contributed by atoms with Crippen molar-refractivity contribution in [2.45, 2.75) is 51.6 Å². The van der Waals surface area contributed by atoms with Gasteiger partial charge in [0.15, 0.2) is 0 Å². The Hall–Kier alpha value is -0.0400. The molecule has 0 aliphatic heterocycles. The third-order valence-electron chi connectivity index (χ3n) is 6.35. The molecule has 0 heterocycles. The predicted octanol–water partition coefficient (Wildman–Crippen LogP) is 2.58. The van der Waals surface area contributed by atoms with Crippen molar-refractivity contribution in [2.24, 2.45) is 28.6 Å². The number of hydrogen-bond donors (Lipinski definition) is 1. The summed E-state index contributed by atoms with van der Waals surface area (Å²) in [6.07, 6.45) is 7.03. The SMILES string of the molecule is CC(C)(O)C12CC3CC4(CC(C1)C34)C2. The van der Waals surface area contributed by atoms with Gasteiger partial charge in [-0.2, -0.15) is 0 Å². The largest absolute Gasteiger partial charge is 0.390 e. The van der Waals surface area contributed by atoms with Crippen LogP contribution in [0, 0.1) is 28.6 Å². The predicted molar refractivity (Wildman–Crippen MR) is 54.7 cm³/mol. The zero-order valence-electron chi connectivity index (χ0n) is 9.21. The van der Waals surface area contributed by atoms with Crippen molar-refractivity contribution < 1.29 is 5.11 Å². The van der Waals surface area contributed by atoms with Gasteiger partial charge in [-0.3, -0.25) is 0 Å². The Bertz CT molecular complexity index is 296. The fraction of sp³-hybridized carbons (Fsp3) is 1.00. The second kappa shape index (κ2) is 1.81. The van der Waals surface area contributed by atoms with Crippen molar-refractivity contribution in [3.8, 4) is 0 Å². The van der Waals surface area contributed by atoms with Crippen LogP contribution in [0.3, 0.4) is 0 Å². The van der Waals surface area contributed by atoms with Crippen molar-refractivity contribution in [1.82, 2.24) is 0 Å². The van der Waals surface area contributed by atoms with Crippen molar-refractivity contribution >= 4 is 0 Å². The van der Waals surface area contributed by atoms with E-state index in [4.69, 9.17) is 0 Å². The molecule has 0 aromatic carbocycles. The van der Waals surface area contributed by atoms with Gasteiger partial charge < -0.3 is 5.11 Å². The van der Waals surface area contributed by atoms with Gasteiger partial charge in [0, 0.05) is 0 Å². The van der Waals surface area contributed by atoms with Crippen LogP contribution in [0.15, 0.2) is 0 Å². The van der Waals surface area contributed by atoms with Gasteiger partial charge >= 0.3 is 0 Å². The Balaban J connectivity index is 1.79. The molecule has 78 valence electrons. The molecule has 6 aliphatic rings. The Labute approximate surface area is 85.9 Å². The first kappa shape index (κ1) is 8.15. The van der Waals surface area contributed by atoms with Gasteiger partial charge in [-0.15, -0.1) is 0 Å². The van der Waals surface area contributed by atoms with Crippen molar-refractivity contribution in [2.75, 3.05) is 0 Å². The van der Waals surface area contributed by atoms with E-state index in [9.17, 15) is 5.11 Å². The fourth-order valence-corrected chi connectivity index (χ4v) is 6.00. The maximum atomic E-state index is 10.4. The molecule has 14 heavy (non-hydrogen) atoms. The highest BCUT2D eigenvalue weighted by Gasteiger charge is 2.77. The first-order valence-electron chi connectivity index (χ1n) is 6.18. The molecular formula is C13H20O. The molecule has 0 aromatic rings. The van der Waals surface area contributed by atoms with Crippen molar-refractivity contribution in [3.63, 3.8) is 0 Å². The molecule has 0 saturated heterocycles. The first-order chi connectivity index (χ1) is 6.46. The van der Waals surface area contributed by atoms with Crippen molar-refractivity contribution in [1.29, 1.82) is 0 Å². The Morgan fingerprint density at radius 2 is 1.64 bits per heavy atom. The van der Waals surface area contributed by atoms with Crippen LogP contribution in [0.4, 0.5) is 0 Å². The number of aliphatic hydroxyl groups is 1. The van der Waals surface area contributed by atoms with E-state index in [1.165, 1.54) is 32.1 Å². The summed E-state index contributed by atoms with van der Waals surface area (Å²) < 4.78 is 0. The summed E-state index contributed by atoms with van der Waals surface area (Å²) in [5, 5.41) is 10.4. The van der Waals surface area contributed by atoms with Crippen LogP contribution >= 0.6 is 0 Å². The molecule has 0 amide bonds. The summed E-state index contributed by atoms with van der Waals surface area (Å²) in [6.45, 7) is 4.10. The van der Waals surface area contributed by atoms with Crippen LogP contribution in [-0.2, 0) is 0 Å². The molecule has 6 fully saturated rings. The van der Waals surface area contributed by atoms with E-state index in [1.54, 1.807) is 0 Å². The van der Waals surface area contributed by atoms with Crippen LogP contribution in [0.5, 0.6) is 0 Å². The third kappa shape index (κ3) is 0.599. The molecule has 2 atom stereocenters. The minimum atomic E-state index is -0.430. The molecule has 1 spiro atoms. The molecule has 6 aliphatic carbocycles. The van der Waals surface area contributed by atoms with Gasteiger partial charge in [-0.25, -0.2) is 0 Å². The van der Waals surface area contributed by atoms with E-state index >= 15 is 0 Å². The van der Waals surface area contributed by atoms with Crippen LogP contribution in [0.25, 0.3) is 0 Å². The Morgan fingerprint density at radius 3 is 2.00 bits per heavy atom. The summed E-state index contributed by atoms with van der Waals surface area (Å²) in [7, 11) is 0. The van der Waals surface area contributed by atoms with Gasteiger partial charge in [-0.05, 0) is 74.5 Å². The molecule has 5 bridgehead atoms. The van der Waals surface area contributed by atoms with E-state index in [-0.39, 0.29) is 0 Å². The summed E-state index contributed by atoms with van der Waals surface area (Å²) in [4.78, 5) is 0. The zero-order valence-corrected chi connectivity index (χ0v) is 9.21. The molecule has 0 aromatic heterocycles. The zero-order chi connectivity index (χ0) is 9.77. The van der Waals surface area contributed by atoms with Gasteiger partial charge in [0.25, 0.3) is 0 Å². The smallest absolute Gasteiger partial charge is 0.0648 e. The van der Waals surface area contributed by atoms with E-state index in [2.05, 4.69) is 0 Å². The maximum Gasteiger partial charge on any atom is 0.0648 e. The van der Waals surface area contributed by atoms with E-state index in [1.807, 2.05) is 13.8 Å². The highest BCUT2D eigenvalue weighted by Crippen LogP contribution is 2.84. The second-order valence-electron chi connectivity index (χ2n) is 7.24. The highest BCUT2D eigenvalue weighted by atomic mass is 16.3. The minimum Gasteiger partial charge on any atom is -0.390 e. The molecule has 1 nitrogen and oxygen atoms in total. The van der Waals surface area contributed by atoms with E-state index in [0.29, 0.717) is 5.41 Å². The van der Waals surface area contributed by atoms with Gasteiger partial charge in [-0.1, -0.05) is 0 Å². The Morgan fingerprint density at radius 1 is 1.07 bits per heavy atom. The molecule has 0 radical (unpaired) electrons. The van der Waals surface area contributed by atoms with Gasteiger partial charge in [0.2, 0.25) is 0 Å². The standard InChI is InChI=1S/C13H20O/c1-11(2,14)13-5-8-3-12(7-13)4-9(6-13)10(8)12/h8-10,14H,3-7H2,1-2H3. The average molecular weight is 192 g/mol. The summed E-state index contributed by atoms with van der Waals surface area (Å²) in [6, 6.07) is 0. The second-order valence-corrected chi connectivity index (χ2v) is 7.24.